The number of aromatic nitrogens is 3. The molecule has 4 rings (SSSR count). The van der Waals surface area contributed by atoms with E-state index < -0.39 is 0 Å². The summed E-state index contributed by atoms with van der Waals surface area (Å²) in [4.78, 5) is 18.4. The molecule has 0 aliphatic carbocycles. The van der Waals surface area contributed by atoms with Gasteiger partial charge in [-0.25, -0.2) is 0 Å². The SMILES string of the molecule is CCN(CC)c1nc(NC2CCN(Cc3ccccc3)CC2)nc(Oc2ccccc2)n1. The molecule has 3 aromatic rings. The highest BCUT2D eigenvalue weighted by Gasteiger charge is 2.21. The molecule has 0 bridgehead atoms. The van der Waals surface area contributed by atoms with Crippen LogP contribution in [0.2, 0.25) is 0 Å². The molecule has 7 nitrogen and oxygen atoms in total. The highest BCUT2D eigenvalue weighted by Crippen LogP contribution is 2.23. The van der Waals surface area contributed by atoms with Gasteiger partial charge in [-0.05, 0) is 44.4 Å². The van der Waals surface area contributed by atoms with Crippen molar-refractivity contribution in [2.45, 2.75) is 39.3 Å². The van der Waals surface area contributed by atoms with Gasteiger partial charge in [-0.2, -0.15) is 15.0 Å². The molecule has 2 heterocycles. The zero-order chi connectivity index (χ0) is 22.2. The van der Waals surface area contributed by atoms with Crippen molar-refractivity contribution >= 4 is 11.9 Å². The number of rotatable bonds is 9. The maximum atomic E-state index is 5.93. The molecular weight excluding hydrogens is 400 g/mol. The van der Waals surface area contributed by atoms with Crippen molar-refractivity contribution in [2.75, 3.05) is 36.4 Å². The molecule has 0 radical (unpaired) electrons. The minimum Gasteiger partial charge on any atom is -0.424 e. The highest BCUT2D eigenvalue weighted by molar-refractivity contribution is 5.40. The quantitative estimate of drug-likeness (QED) is 0.531. The molecule has 32 heavy (non-hydrogen) atoms. The fourth-order valence-corrected chi connectivity index (χ4v) is 3.96. The second-order valence-electron chi connectivity index (χ2n) is 8.01. The van der Waals surface area contributed by atoms with Gasteiger partial charge in [-0.3, -0.25) is 4.90 Å². The first-order chi connectivity index (χ1) is 15.7. The number of hydrogen-bond donors (Lipinski definition) is 1. The van der Waals surface area contributed by atoms with Crippen molar-refractivity contribution in [1.82, 2.24) is 19.9 Å². The third kappa shape index (κ3) is 5.95. The summed E-state index contributed by atoms with van der Waals surface area (Å²) in [6.45, 7) is 8.94. The van der Waals surface area contributed by atoms with Gasteiger partial charge < -0.3 is 15.0 Å². The maximum absolute atomic E-state index is 5.93. The maximum Gasteiger partial charge on any atom is 0.328 e. The minimum absolute atomic E-state index is 0.317. The summed E-state index contributed by atoms with van der Waals surface area (Å²) in [5.74, 6) is 1.93. The number of piperidine rings is 1. The smallest absolute Gasteiger partial charge is 0.328 e. The lowest BCUT2D eigenvalue weighted by Gasteiger charge is -2.32. The molecule has 1 fully saturated rings. The van der Waals surface area contributed by atoms with Crippen LogP contribution in [0.1, 0.15) is 32.3 Å². The Hall–Kier alpha value is -3.19. The van der Waals surface area contributed by atoms with E-state index in [2.05, 4.69) is 69.3 Å². The number of ether oxygens (including phenoxy) is 1. The van der Waals surface area contributed by atoms with Crippen molar-refractivity contribution < 1.29 is 4.74 Å². The van der Waals surface area contributed by atoms with Crippen LogP contribution in [-0.2, 0) is 6.54 Å². The summed E-state index contributed by atoms with van der Waals surface area (Å²) in [5.41, 5.74) is 1.36. The molecule has 1 aromatic heterocycles. The van der Waals surface area contributed by atoms with E-state index in [1.54, 1.807) is 0 Å². The first-order valence-electron chi connectivity index (χ1n) is 11.5. The summed E-state index contributed by atoms with van der Waals surface area (Å²) in [7, 11) is 0. The molecule has 1 saturated heterocycles. The van der Waals surface area contributed by atoms with Crippen LogP contribution >= 0.6 is 0 Å². The number of hydrogen-bond acceptors (Lipinski definition) is 7. The summed E-state index contributed by atoms with van der Waals surface area (Å²) in [5, 5.41) is 3.54. The second-order valence-corrected chi connectivity index (χ2v) is 8.01. The Bertz CT molecular complexity index is 957. The van der Waals surface area contributed by atoms with Crippen LogP contribution in [0.5, 0.6) is 11.8 Å². The second kappa shape index (κ2) is 10.9. The normalized spacial score (nSPS) is 14.8. The van der Waals surface area contributed by atoms with Gasteiger partial charge in [0.15, 0.2) is 0 Å². The van der Waals surface area contributed by atoms with Gasteiger partial charge in [0.05, 0.1) is 0 Å². The molecule has 0 unspecified atom stereocenters. The van der Waals surface area contributed by atoms with Gasteiger partial charge >= 0.3 is 6.01 Å². The third-order valence-electron chi connectivity index (χ3n) is 5.77. The van der Waals surface area contributed by atoms with E-state index >= 15 is 0 Å². The summed E-state index contributed by atoms with van der Waals surface area (Å²) in [6.07, 6.45) is 2.10. The zero-order valence-electron chi connectivity index (χ0n) is 18.9. The number of likely N-dealkylation sites (tertiary alicyclic amines) is 1. The Labute approximate surface area is 190 Å². The van der Waals surface area contributed by atoms with Gasteiger partial charge in [0.25, 0.3) is 0 Å². The summed E-state index contributed by atoms with van der Waals surface area (Å²) in [6, 6.07) is 20.9. The van der Waals surface area contributed by atoms with E-state index in [0.717, 1.165) is 45.6 Å². The number of para-hydroxylation sites is 1. The Morgan fingerprint density at radius 1 is 0.906 bits per heavy atom. The van der Waals surface area contributed by atoms with Crippen molar-refractivity contribution in [1.29, 1.82) is 0 Å². The van der Waals surface area contributed by atoms with Gasteiger partial charge in [0.1, 0.15) is 5.75 Å². The highest BCUT2D eigenvalue weighted by atomic mass is 16.5. The molecule has 0 atom stereocenters. The van der Waals surface area contributed by atoms with Gasteiger partial charge in [-0.15, -0.1) is 0 Å². The van der Waals surface area contributed by atoms with Crippen LogP contribution in [0.4, 0.5) is 11.9 Å². The lowest BCUT2D eigenvalue weighted by molar-refractivity contribution is 0.211. The van der Waals surface area contributed by atoms with E-state index in [0.29, 0.717) is 29.7 Å². The number of nitrogens with one attached hydrogen (secondary N) is 1. The van der Waals surface area contributed by atoms with Crippen LogP contribution in [0.25, 0.3) is 0 Å². The van der Waals surface area contributed by atoms with Gasteiger partial charge in [0.2, 0.25) is 11.9 Å². The van der Waals surface area contributed by atoms with Crippen LogP contribution in [-0.4, -0.2) is 52.1 Å². The van der Waals surface area contributed by atoms with E-state index in [-0.39, 0.29) is 0 Å². The molecule has 1 N–H and O–H groups in total. The predicted molar refractivity (Wildman–Crippen MR) is 128 cm³/mol. The summed E-state index contributed by atoms with van der Waals surface area (Å²) < 4.78 is 5.93. The van der Waals surface area contributed by atoms with Crippen molar-refractivity contribution in [3.05, 3.63) is 66.2 Å². The van der Waals surface area contributed by atoms with Crippen LogP contribution in [0.15, 0.2) is 60.7 Å². The molecule has 0 saturated carbocycles. The standard InChI is InChI=1S/C25H32N6O/c1-3-31(4-2)24-27-23(28-25(29-24)32-22-13-9-6-10-14-22)26-21-15-17-30(18-16-21)19-20-11-7-5-8-12-20/h5-14,21H,3-4,15-19H2,1-2H3,(H,26,27,28,29). The largest absolute Gasteiger partial charge is 0.424 e. The first-order valence-corrected chi connectivity index (χ1v) is 11.5. The predicted octanol–water partition coefficient (Wildman–Crippen LogP) is 4.59. The lowest BCUT2D eigenvalue weighted by atomic mass is 10.0. The lowest BCUT2D eigenvalue weighted by Crippen LogP contribution is -2.39. The van der Waals surface area contributed by atoms with Crippen molar-refractivity contribution in [2.24, 2.45) is 0 Å². The molecule has 168 valence electrons. The van der Waals surface area contributed by atoms with Crippen LogP contribution in [0.3, 0.4) is 0 Å². The Morgan fingerprint density at radius 3 is 2.22 bits per heavy atom. The molecule has 1 aliphatic heterocycles. The summed E-state index contributed by atoms with van der Waals surface area (Å²) >= 11 is 0. The number of nitrogens with zero attached hydrogens (tertiary/aromatic N) is 5. The van der Waals surface area contributed by atoms with E-state index in [4.69, 9.17) is 9.72 Å². The molecular formula is C25H32N6O. The van der Waals surface area contributed by atoms with Gasteiger partial charge in [-0.1, -0.05) is 48.5 Å². The first kappa shape index (κ1) is 22.0. The molecule has 0 amide bonds. The monoisotopic (exact) mass is 432 g/mol. The van der Waals surface area contributed by atoms with E-state index in [1.165, 1.54) is 5.56 Å². The average molecular weight is 433 g/mol. The van der Waals surface area contributed by atoms with Crippen LogP contribution in [0, 0.1) is 0 Å². The zero-order valence-corrected chi connectivity index (χ0v) is 18.9. The Morgan fingerprint density at radius 2 is 1.56 bits per heavy atom. The molecule has 1 aliphatic rings. The van der Waals surface area contributed by atoms with Gasteiger partial charge in [0, 0.05) is 38.8 Å². The Balaban J connectivity index is 1.43. The average Bonchev–Trinajstić information content (AvgIpc) is 2.82. The number of benzene rings is 2. The molecule has 2 aromatic carbocycles. The van der Waals surface area contributed by atoms with E-state index in [1.807, 2.05) is 30.3 Å². The van der Waals surface area contributed by atoms with Crippen LogP contribution < -0.4 is 15.0 Å². The number of anilines is 2. The molecule has 0 spiro atoms. The topological polar surface area (TPSA) is 66.4 Å². The molecule has 7 heteroatoms. The fraction of sp³-hybridized carbons (Fsp3) is 0.400. The van der Waals surface area contributed by atoms with Crippen molar-refractivity contribution in [3.63, 3.8) is 0 Å². The van der Waals surface area contributed by atoms with Crippen molar-refractivity contribution in [3.8, 4) is 11.8 Å². The third-order valence-corrected chi connectivity index (χ3v) is 5.77. The van der Waals surface area contributed by atoms with E-state index in [9.17, 15) is 0 Å². The fourth-order valence-electron chi connectivity index (χ4n) is 3.96. The minimum atomic E-state index is 0.317. The Kier molecular flexibility index (Phi) is 7.51.